The van der Waals surface area contributed by atoms with E-state index in [1.54, 1.807) is 12.1 Å². The number of alkyl halides is 3. The fourth-order valence-electron chi connectivity index (χ4n) is 3.97. The second-order valence-corrected chi connectivity index (χ2v) is 8.30. The van der Waals surface area contributed by atoms with Crippen LogP contribution in [0.15, 0.2) is 40.8 Å². The Morgan fingerprint density at radius 3 is 2.48 bits per heavy atom. The number of carbonyl (C=O) groups is 1. The van der Waals surface area contributed by atoms with Crippen molar-refractivity contribution >= 4 is 16.9 Å². The van der Waals surface area contributed by atoms with E-state index in [1.807, 2.05) is 19.9 Å². The Labute approximate surface area is 191 Å². The predicted octanol–water partition coefficient (Wildman–Crippen LogP) is 7.74. The van der Waals surface area contributed by atoms with Crippen molar-refractivity contribution in [3.05, 3.63) is 58.8 Å². The minimum absolute atomic E-state index is 0.0353. The van der Waals surface area contributed by atoms with E-state index in [4.69, 9.17) is 13.9 Å². The number of halogens is 3. The van der Waals surface area contributed by atoms with E-state index in [0.717, 1.165) is 48.3 Å². The zero-order valence-corrected chi connectivity index (χ0v) is 19.3. The van der Waals surface area contributed by atoms with Crippen LogP contribution in [0.25, 0.3) is 11.0 Å². The number of ether oxygens (including phenoxy) is 2. The first-order valence-corrected chi connectivity index (χ1v) is 11.1. The van der Waals surface area contributed by atoms with Gasteiger partial charge in [-0.1, -0.05) is 25.8 Å². The first kappa shape index (κ1) is 24.7. The van der Waals surface area contributed by atoms with Gasteiger partial charge in [0.15, 0.2) is 0 Å². The van der Waals surface area contributed by atoms with Crippen molar-refractivity contribution in [2.75, 3.05) is 6.61 Å². The Kier molecular flexibility index (Phi) is 7.72. The molecule has 3 aromatic rings. The molecule has 1 heterocycles. The summed E-state index contributed by atoms with van der Waals surface area (Å²) in [5.74, 6) is 1.53. The van der Waals surface area contributed by atoms with Gasteiger partial charge in [0, 0.05) is 18.2 Å². The van der Waals surface area contributed by atoms with Crippen molar-refractivity contribution < 1.29 is 31.9 Å². The second-order valence-electron chi connectivity index (χ2n) is 8.30. The lowest BCUT2D eigenvalue weighted by Crippen LogP contribution is -2.07. The lowest BCUT2D eigenvalue weighted by molar-refractivity contribution is -0.137. The van der Waals surface area contributed by atoms with Gasteiger partial charge in [-0.25, -0.2) is 0 Å². The van der Waals surface area contributed by atoms with Gasteiger partial charge in [-0.3, -0.25) is 4.79 Å². The van der Waals surface area contributed by atoms with Gasteiger partial charge in [-0.2, -0.15) is 13.2 Å². The van der Waals surface area contributed by atoms with Crippen LogP contribution in [-0.2, 0) is 11.0 Å². The number of carbonyl (C=O) groups excluding carboxylic acids is 1. The van der Waals surface area contributed by atoms with Crippen LogP contribution in [0.1, 0.15) is 67.9 Å². The van der Waals surface area contributed by atoms with Crippen molar-refractivity contribution in [1.29, 1.82) is 0 Å². The average molecular weight is 463 g/mol. The van der Waals surface area contributed by atoms with Gasteiger partial charge in [0.25, 0.3) is 0 Å². The molecular formula is C26H29F3O4. The van der Waals surface area contributed by atoms with Crippen LogP contribution in [0.5, 0.6) is 11.5 Å². The number of aryl methyl sites for hydroxylation is 2. The number of rotatable bonds is 9. The fourth-order valence-corrected chi connectivity index (χ4v) is 3.97. The Morgan fingerprint density at radius 1 is 1.09 bits per heavy atom. The summed E-state index contributed by atoms with van der Waals surface area (Å²) in [7, 11) is 0. The number of hydrogen-bond donors (Lipinski definition) is 0. The first-order valence-electron chi connectivity index (χ1n) is 11.1. The van der Waals surface area contributed by atoms with Crippen LogP contribution < -0.4 is 9.47 Å². The molecule has 0 saturated carbocycles. The molecule has 0 aliphatic heterocycles. The Hall–Kier alpha value is -2.96. The summed E-state index contributed by atoms with van der Waals surface area (Å²) in [5, 5.41) is 0.706. The second kappa shape index (κ2) is 10.3. The summed E-state index contributed by atoms with van der Waals surface area (Å²) in [6.07, 6.45) is -0.904. The van der Waals surface area contributed by atoms with Crippen molar-refractivity contribution in [1.82, 2.24) is 0 Å². The standard InChI is InChI=1S/C26H29F3O4/c1-5-6-7-19(12-13-31-21-9-11-23(16(2)14-21)32-18(4)30)25-17(3)22-10-8-20(26(27,28)29)15-24(22)33-25/h8-11,14-15,19H,5-7,12-13H2,1-4H3. The third-order valence-corrected chi connectivity index (χ3v) is 5.71. The van der Waals surface area contributed by atoms with Crippen LogP contribution >= 0.6 is 0 Å². The van der Waals surface area contributed by atoms with Crippen molar-refractivity contribution in [2.45, 2.75) is 65.5 Å². The molecule has 0 radical (unpaired) electrons. The molecule has 0 N–H and O–H groups in total. The minimum Gasteiger partial charge on any atom is -0.494 e. The van der Waals surface area contributed by atoms with E-state index in [1.165, 1.54) is 13.0 Å². The molecule has 1 atom stereocenters. The average Bonchev–Trinajstić information content (AvgIpc) is 3.07. The highest BCUT2D eigenvalue weighted by atomic mass is 19.4. The summed E-state index contributed by atoms with van der Waals surface area (Å²) >= 11 is 0. The SMILES string of the molecule is CCCCC(CCOc1ccc(OC(C)=O)c(C)c1)c1oc2cc(C(F)(F)F)ccc2c1C. The number of furan rings is 1. The summed E-state index contributed by atoms with van der Waals surface area (Å²) in [4.78, 5) is 11.2. The summed E-state index contributed by atoms with van der Waals surface area (Å²) < 4.78 is 56.4. The number of fused-ring (bicyclic) bond motifs is 1. The van der Waals surface area contributed by atoms with E-state index < -0.39 is 11.7 Å². The smallest absolute Gasteiger partial charge is 0.416 e. The summed E-state index contributed by atoms with van der Waals surface area (Å²) in [5.41, 5.74) is 1.22. The molecule has 2 aromatic carbocycles. The molecule has 0 bridgehead atoms. The van der Waals surface area contributed by atoms with Crippen LogP contribution in [0.2, 0.25) is 0 Å². The van der Waals surface area contributed by atoms with Gasteiger partial charge in [0.2, 0.25) is 0 Å². The molecular weight excluding hydrogens is 433 g/mol. The molecule has 3 rings (SSSR count). The zero-order valence-electron chi connectivity index (χ0n) is 19.3. The third-order valence-electron chi connectivity index (χ3n) is 5.71. The molecule has 0 aliphatic carbocycles. The highest BCUT2D eigenvalue weighted by Gasteiger charge is 2.31. The molecule has 178 valence electrons. The van der Waals surface area contributed by atoms with Crippen molar-refractivity contribution in [3.8, 4) is 11.5 Å². The molecule has 0 saturated heterocycles. The monoisotopic (exact) mass is 462 g/mol. The molecule has 0 fully saturated rings. The van der Waals surface area contributed by atoms with Crippen LogP contribution in [0.4, 0.5) is 13.2 Å². The number of benzene rings is 2. The normalized spacial score (nSPS) is 12.7. The van der Waals surface area contributed by atoms with E-state index >= 15 is 0 Å². The number of unbranched alkanes of at least 4 members (excludes halogenated alkanes) is 1. The van der Waals surface area contributed by atoms with E-state index in [9.17, 15) is 18.0 Å². The van der Waals surface area contributed by atoms with Crippen LogP contribution in [0, 0.1) is 13.8 Å². The molecule has 4 nitrogen and oxygen atoms in total. The fraction of sp³-hybridized carbons (Fsp3) is 0.423. The number of hydrogen-bond acceptors (Lipinski definition) is 4. The maximum atomic E-state index is 13.1. The maximum Gasteiger partial charge on any atom is 0.416 e. The largest absolute Gasteiger partial charge is 0.494 e. The Balaban J connectivity index is 1.76. The minimum atomic E-state index is -4.41. The highest BCUT2D eigenvalue weighted by molar-refractivity contribution is 5.83. The van der Waals surface area contributed by atoms with Crippen molar-refractivity contribution in [3.63, 3.8) is 0 Å². The predicted molar refractivity (Wildman–Crippen MR) is 121 cm³/mol. The Bertz CT molecular complexity index is 1110. The number of esters is 1. The van der Waals surface area contributed by atoms with Crippen LogP contribution in [0.3, 0.4) is 0 Å². The molecule has 0 aliphatic rings. The zero-order chi connectivity index (χ0) is 24.2. The van der Waals surface area contributed by atoms with E-state index in [0.29, 0.717) is 29.9 Å². The summed E-state index contributed by atoms with van der Waals surface area (Å²) in [6.45, 7) is 7.60. The topological polar surface area (TPSA) is 48.7 Å². The quantitative estimate of drug-likeness (QED) is 0.241. The molecule has 1 unspecified atom stereocenters. The highest BCUT2D eigenvalue weighted by Crippen LogP contribution is 2.38. The van der Waals surface area contributed by atoms with Gasteiger partial charge >= 0.3 is 12.1 Å². The van der Waals surface area contributed by atoms with Gasteiger partial charge in [0.1, 0.15) is 22.8 Å². The van der Waals surface area contributed by atoms with E-state index in [2.05, 4.69) is 6.92 Å². The van der Waals surface area contributed by atoms with Crippen LogP contribution in [-0.4, -0.2) is 12.6 Å². The first-order chi connectivity index (χ1) is 15.6. The van der Waals surface area contributed by atoms with E-state index in [-0.39, 0.29) is 17.5 Å². The van der Waals surface area contributed by atoms with Gasteiger partial charge < -0.3 is 13.9 Å². The van der Waals surface area contributed by atoms with Gasteiger partial charge in [-0.15, -0.1) is 0 Å². The third kappa shape index (κ3) is 6.09. The Morgan fingerprint density at radius 2 is 1.85 bits per heavy atom. The maximum absolute atomic E-state index is 13.1. The molecule has 33 heavy (non-hydrogen) atoms. The lowest BCUT2D eigenvalue weighted by Gasteiger charge is -2.16. The molecule has 0 amide bonds. The van der Waals surface area contributed by atoms with Crippen molar-refractivity contribution in [2.24, 2.45) is 0 Å². The summed E-state index contributed by atoms with van der Waals surface area (Å²) in [6, 6.07) is 8.92. The molecule has 7 heteroatoms. The lowest BCUT2D eigenvalue weighted by atomic mass is 9.93. The van der Waals surface area contributed by atoms with Gasteiger partial charge in [-0.05, 0) is 68.1 Å². The molecule has 0 spiro atoms. The van der Waals surface area contributed by atoms with Gasteiger partial charge in [0.05, 0.1) is 12.2 Å². The molecule has 1 aromatic heterocycles.